The summed E-state index contributed by atoms with van der Waals surface area (Å²) in [4.78, 5) is 11.3. The molecule has 1 aliphatic carbocycles. The molecular formula is C13H18BrNO. The predicted octanol–water partition coefficient (Wildman–Crippen LogP) is 3.50. The molecule has 1 aromatic rings. The lowest BCUT2D eigenvalue weighted by atomic mass is 10.0. The molecule has 1 fully saturated rings. The lowest BCUT2D eigenvalue weighted by Gasteiger charge is -2.13. The van der Waals surface area contributed by atoms with Gasteiger partial charge in [0, 0.05) is 10.4 Å². The van der Waals surface area contributed by atoms with Crippen molar-refractivity contribution in [1.29, 1.82) is 0 Å². The highest BCUT2D eigenvalue weighted by Crippen LogP contribution is 2.22. The third-order valence-electron chi connectivity index (χ3n) is 2.59. The molecule has 2 N–H and O–H groups in total. The van der Waals surface area contributed by atoms with Gasteiger partial charge in [0.2, 0.25) is 5.91 Å². The maximum atomic E-state index is 10.4. The number of hydrogen-bond acceptors (Lipinski definition) is 1. The molecule has 0 aromatic heterocycles. The van der Waals surface area contributed by atoms with Crippen LogP contribution >= 0.6 is 15.9 Å². The quantitative estimate of drug-likeness (QED) is 0.788. The molecule has 0 aliphatic heterocycles. The van der Waals surface area contributed by atoms with Crippen LogP contribution in [0.1, 0.15) is 42.5 Å². The Morgan fingerprint density at radius 1 is 1.12 bits per heavy atom. The van der Waals surface area contributed by atoms with Crippen LogP contribution in [0.3, 0.4) is 0 Å². The van der Waals surface area contributed by atoms with Gasteiger partial charge in [0.05, 0.1) is 0 Å². The van der Waals surface area contributed by atoms with E-state index < -0.39 is 0 Å². The van der Waals surface area contributed by atoms with Crippen LogP contribution in [0.25, 0.3) is 0 Å². The lowest BCUT2D eigenvalue weighted by Crippen LogP contribution is -2.09. The standard InChI is InChI=1S/C7H7NO.C6H11Br/c8-7(9)6-4-2-1-3-5-6;7-6-4-2-1-3-5-6/h1-5H,(H2,8,9);6H,1-5H2. The van der Waals surface area contributed by atoms with Gasteiger partial charge in [0.1, 0.15) is 0 Å². The molecule has 0 saturated heterocycles. The smallest absolute Gasteiger partial charge is 0.248 e. The number of rotatable bonds is 1. The Bertz CT molecular complexity index is 307. The van der Waals surface area contributed by atoms with Crippen molar-refractivity contribution in [2.45, 2.75) is 36.9 Å². The molecule has 1 saturated carbocycles. The van der Waals surface area contributed by atoms with Gasteiger partial charge in [0.15, 0.2) is 0 Å². The van der Waals surface area contributed by atoms with Gasteiger partial charge in [-0.25, -0.2) is 0 Å². The van der Waals surface area contributed by atoms with Crippen LogP contribution in [0.4, 0.5) is 0 Å². The topological polar surface area (TPSA) is 43.1 Å². The number of halogens is 1. The van der Waals surface area contributed by atoms with Gasteiger partial charge in [-0.15, -0.1) is 0 Å². The summed E-state index contributed by atoms with van der Waals surface area (Å²) in [5, 5.41) is 0. The largest absolute Gasteiger partial charge is 0.366 e. The summed E-state index contributed by atoms with van der Waals surface area (Å²) in [6, 6.07) is 8.76. The van der Waals surface area contributed by atoms with Crippen LogP contribution in [-0.2, 0) is 0 Å². The number of nitrogens with two attached hydrogens (primary N) is 1. The molecule has 1 aromatic carbocycles. The number of hydrogen-bond donors (Lipinski definition) is 1. The van der Waals surface area contributed by atoms with E-state index in [9.17, 15) is 4.79 Å². The highest BCUT2D eigenvalue weighted by Gasteiger charge is 2.07. The van der Waals surface area contributed by atoms with Gasteiger partial charge in [-0.1, -0.05) is 53.4 Å². The zero-order valence-corrected chi connectivity index (χ0v) is 10.9. The van der Waals surface area contributed by atoms with Crippen LogP contribution in [0.2, 0.25) is 0 Å². The van der Waals surface area contributed by atoms with Crippen LogP contribution in [0, 0.1) is 0 Å². The maximum absolute atomic E-state index is 10.4. The monoisotopic (exact) mass is 283 g/mol. The van der Waals surface area contributed by atoms with Gasteiger partial charge < -0.3 is 5.73 Å². The minimum Gasteiger partial charge on any atom is -0.366 e. The Hall–Kier alpha value is -0.830. The van der Waals surface area contributed by atoms with Crippen LogP contribution in [0.5, 0.6) is 0 Å². The SMILES string of the molecule is BrC1CCCCC1.NC(=O)c1ccccc1. The summed E-state index contributed by atoms with van der Waals surface area (Å²) >= 11 is 3.59. The molecule has 0 heterocycles. The number of benzene rings is 1. The minimum absolute atomic E-state index is 0.379. The zero-order chi connectivity index (χ0) is 11.8. The number of carbonyl (C=O) groups excluding carboxylic acids is 1. The second kappa shape index (κ2) is 7.44. The fraction of sp³-hybridized carbons (Fsp3) is 0.462. The first-order valence-corrected chi connectivity index (χ1v) is 6.60. The summed E-state index contributed by atoms with van der Waals surface area (Å²) < 4.78 is 0. The first kappa shape index (κ1) is 13.2. The average Bonchev–Trinajstić information content (AvgIpc) is 2.32. The van der Waals surface area contributed by atoms with Gasteiger partial charge in [0.25, 0.3) is 0 Å². The molecular weight excluding hydrogens is 266 g/mol. The zero-order valence-electron chi connectivity index (χ0n) is 9.36. The molecule has 1 amide bonds. The molecule has 0 radical (unpaired) electrons. The summed E-state index contributed by atoms with van der Waals surface area (Å²) in [7, 11) is 0. The highest BCUT2D eigenvalue weighted by molar-refractivity contribution is 9.09. The van der Waals surface area contributed by atoms with E-state index in [2.05, 4.69) is 15.9 Å². The van der Waals surface area contributed by atoms with Crippen molar-refractivity contribution in [2.24, 2.45) is 5.73 Å². The molecule has 16 heavy (non-hydrogen) atoms. The van der Waals surface area contributed by atoms with E-state index in [0.717, 1.165) is 4.83 Å². The van der Waals surface area contributed by atoms with E-state index in [0.29, 0.717) is 5.56 Å². The number of carbonyl (C=O) groups is 1. The molecule has 88 valence electrons. The molecule has 2 rings (SSSR count). The van der Waals surface area contributed by atoms with E-state index in [4.69, 9.17) is 5.73 Å². The Labute approximate surface area is 105 Å². The van der Waals surface area contributed by atoms with Gasteiger partial charge in [-0.2, -0.15) is 0 Å². The second-order valence-electron chi connectivity index (χ2n) is 3.97. The van der Waals surface area contributed by atoms with Crippen molar-refractivity contribution in [3.63, 3.8) is 0 Å². The summed E-state index contributed by atoms with van der Waals surface area (Å²) in [6.45, 7) is 0. The normalized spacial score (nSPS) is 16.1. The predicted molar refractivity (Wildman–Crippen MR) is 70.8 cm³/mol. The van der Waals surface area contributed by atoms with Crippen LogP contribution < -0.4 is 5.73 Å². The first-order valence-electron chi connectivity index (χ1n) is 5.69. The highest BCUT2D eigenvalue weighted by atomic mass is 79.9. The van der Waals surface area contributed by atoms with E-state index in [-0.39, 0.29) is 5.91 Å². The summed E-state index contributed by atoms with van der Waals surface area (Å²) in [6.07, 6.45) is 7.15. The number of alkyl halides is 1. The van der Waals surface area contributed by atoms with E-state index in [1.54, 1.807) is 24.3 Å². The van der Waals surface area contributed by atoms with E-state index in [1.807, 2.05) is 6.07 Å². The molecule has 3 heteroatoms. The van der Waals surface area contributed by atoms with Gasteiger partial charge in [-0.3, -0.25) is 4.79 Å². The Morgan fingerprint density at radius 2 is 1.69 bits per heavy atom. The molecule has 0 spiro atoms. The van der Waals surface area contributed by atoms with E-state index >= 15 is 0 Å². The Balaban J connectivity index is 0.000000165. The average molecular weight is 284 g/mol. The van der Waals surface area contributed by atoms with Crippen molar-refractivity contribution in [1.82, 2.24) is 0 Å². The van der Waals surface area contributed by atoms with Crippen molar-refractivity contribution >= 4 is 21.8 Å². The van der Waals surface area contributed by atoms with Crippen LogP contribution in [0.15, 0.2) is 30.3 Å². The third kappa shape index (κ3) is 5.31. The maximum Gasteiger partial charge on any atom is 0.248 e. The Morgan fingerprint density at radius 3 is 2.00 bits per heavy atom. The molecule has 1 aliphatic rings. The molecule has 0 bridgehead atoms. The minimum atomic E-state index is -0.379. The summed E-state index contributed by atoms with van der Waals surface area (Å²) in [5.41, 5.74) is 5.53. The number of primary amides is 1. The third-order valence-corrected chi connectivity index (χ3v) is 3.51. The van der Waals surface area contributed by atoms with E-state index in [1.165, 1.54) is 32.1 Å². The van der Waals surface area contributed by atoms with Crippen molar-refractivity contribution in [3.05, 3.63) is 35.9 Å². The van der Waals surface area contributed by atoms with Crippen LogP contribution in [-0.4, -0.2) is 10.7 Å². The van der Waals surface area contributed by atoms with Crippen molar-refractivity contribution in [2.75, 3.05) is 0 Å². The lowest BCUT2D eigenvalue weighted by molar-refractivity contribution is 0.100. The van der Waals surface area contributed by atoms with Gasteiger partial charge in [-0.05, 0) is 25.0 Å². The van der Waals surface area contributed by atoms with Crippen molar-refractivity contribution < 1.29 is 4.79 Å². The Kier molecular flexibility index (Phi) is 6.16. The van der Waals surface area contributed by atoms with Crippen molar-refractivity contribution in [3.8, 4) is 0 Å². The fourth-order valence-electron chi connectivity index (χ4n) is 1.66. The molecule has 0 atom stereocenters. The van der Waals surface area contributed by atoms with Gasteiger partial charge >= 0.3 is 0 Å². The second-order valence-corrected chi connectivity index (χ2v) is 5.26. The first-order chi connectivity index (χ1) is 7.70. The summed E-state index contributed by atoms with van der Waals surface area (Å²) in [5.74, 6) is -0.379. The molecule has 2 nitrogen and oxygen atoms in total. The molecule has 0 unspecified atom stereocenters. The number of amides is 1. The fourth-order valence-corrected chi connectivity index (χ4v) is 2.30.